The van der Waals surface area contributed by atoms with Gasteiger partial charge in [-0.25, -0.2) is 0 Å². The molecular weight excluding hydrogens is 328 g/mol. The van der Waals surface area contributed by atoms with Crippen LogP contribution in [0.5, 0.6) is 0 Å². The molecule has 136 valence electrons. The van der Waals surface area contributed by atoms with Crippen LogP contribution in [0.1, 0.15) is 16.1 Å². The van der Waals surface area contributed by atoms with Gasteiger partial charge in [0.25, 0.3) is 5.91 Å². The molecule has 0 saturated carbocycles. The SMILES string of the molecule is COCCN(C)c1ccc2ccc(C(=O)NCCc3ccccn3)cn12. The van der Waals surface area contributed by atoms with Gasteiger partial charge in [0.2, 0.25) is 0 Å². The number of methoxy groups -OCH3 is 1. The summed E-state index contributed by atoms with van der Waals surface area (Å²) >= 11 is 0. The van der Waals surface area contributed by atoms with Gasteiger partial charge in [-0.3, -0.25) is 9.78 Å². The van der Waals surface area contributed by atoms with Crippen LogP contribution in [-0.4, -0.2) is 49.1 Å². The molecule has 0 fully saturated rings. The number of carbonyl (C=O) groups excluding carboxylic acids is 1. The lowest BCUT2D eigenvalue weighted by Gasteiger charge is -2.18. The minimum absolute atomic E-state index is 0.0815. The van der Waals surface area contributed by atoms with Gasteiger partial charge in [-0.1, -0.05) is 6.07 Å². The van der Waals surface area contributed by atoms with Crippen LogP contribution in [0.15, 0.2) is 54.9 Å². The van der Waals surface area contributed by atoms with Crippen LogP contribution < -0.4 is 10.2 Å². The summed E-state index contributed by atoms with van der Waals surface area (Å²) in [7, 11) is 3.71. The summed E-state index contributed by atoms with van der Waals surface area (Å²) in [6, 6.07) is 13.7. The van der Waals surface area contributed by atoms with Crippen molar-refractivity contribution < 1.29 is 9.53 Å². The highest BCUT2D eigenvalue weighted by atomic mass is 16.5. The molecule has 0 radical (unpaired) electrons. The van der Waals surface area contributed by atoms with Gasteiger partial charge in [0.1, 0.15) is 5.82 Å². The maximum Gasteiger partial charge on any atom is 0.252 e. The molecule has 0 saturated heterocycles. The number of ether oxygens (including phenoxy) is 1. The fraction of sp³-hybridized carbons (Fsp3) is 0.300. The minimum Gasteiger partial charge on any atom is -0.383 e. The van der Waals surface area contributed by atoms with E-state index in [4.69, 9.17) is 4.74 Å². The quantitative estimate of drug-likeness (QED) is 0.676. The number of rotatable bonds is 8. The van der Waals surface area contributed by atoms with Crippen LogP contribution in [0.25, 0.3) is 5.52 Å². The van der Waals surface area contributed by atoms with E-state index in [1.165, 1.54) is 0 Å². The lowest BCUT2D eigenvalue weighted by molar-refractivity contribution is 0.0953. The predicted molar refractivity (Wildman–Crippen MR) is 103 cm³/mol. The van der Waals surface area contributed by atoms with Gasteiger partial charge in [0.15, 0.2) is 0 Å². The predicted octanol–water partition coefficient (Wildman–Crippen LogP) is 2.39. The average molecular weight is 352 g/mol. The summed E-state index contributed by atoms with van der Waals surface area (Å²) in [6.07, 6.45) is 4.35. The Balaban J connectivity index is 1.68. The largest absolute Gasteiger partial charge is 0.383 e. The Hall–Kier alpha value is -2.86. The number of fused-ring (bicyclic) bond motifs is 1. The Kier molecular flexibility index (Phi) is 5.86. The standard InChI is InChI=1S/C20H24N4O2/c1-23(13-14-26-2)19-9-8-18-7-6-16(15-24(18)19)20(25)22-12-10-17-5-3-4-11-21-17/h3-9,11,15H,10,12-14H2,1-2H3,(H,22,25). The van der Waals surface area contributed by atoms with E-state index < -0.39 is 0 Å². The first-order valence-electron chi connectivity index (χ1n) is 8.68. The zero-order valence-corrected chi connectivity index (χ0v) is 15.2. The highest BCUT2D eigenvalue weighted by molar-refractivity contribution is 5.94. The lowest BCUT2D eigenvalue weighted by Crippen LogP contribution is -2.26. The van der Waals surface area contributed by atoms with Crippen molar-refractivity contribution in [2.75, 3.05) is 38.8 Å². The molecule has 1 amide bonds. The average Bonchev–Trinajstić information content (AvgIpc) is 3.10. The fourth-order valence-corrected chi connectivity index (χ4v) is 2.83. The van der Waals surface area contributed by atoms with E-state index in [0.717, 1.165) is 23.6 Å². The summed E-state index contributed by atoms with van der Waals surface area (Å²) < 4.78 is 7.18. The number of hydrogen-bond donors (Lipinski definition) is 1. The number of nitrogens with zero attached hydrogens (tertiary/aromatic N) is 3. The second kappa shape index (κ2) is 8.49. The van der Waals surface area contributed by atoms with Gasteiger partial charge in [0, 0.05) is 57.3 Å². The van der Waals surface area contributed by atoms with Gasteiger partial charge in [-0.05, 0) is 36.4 Å². The third-order valence-electron chi connectivity index (χ3n) is 4.31. The van der Waals surface area contributed by atoms with Crippen molar-refractivity contribution in [3.05, 3.63) is 66.1 Å². The smallest absolute Gasteiger partial charge is 0.252 e. The zero-order chi connectivity index (χ0) is 18.4. The highest BCUT2D eigenvalue weighted by Gasteiger charge is 2.10. The molecule has 3 aromatic heterocycles. The Morgan fingerprint density at radius 2 is 2.08 bits per heavy atom. The van der Waals surface area contributed by atoms with E-state index in [2.05, 4.69) is 15.2 Å². The molecule has 0 bridgehead atoms. The third-order valence-corrected chi connectivity index (χ3v) is 4.31. The molecule has 3 heterocycles. The molecule has 0 aliphatic carbocycles. The first-order chi connectivity index (χ1) is 12.7. The van der Waals surface area contributed by atoms with Crippen molar-refractivity contribution in [2.24, 2.45) is 0 Å². The molecule has 0 aromatic carbocycles. The topological polar surface area (TPSA) is 58.9 Å². The van der Waals surface area contributed by atoms with Crippen LogP contribution in [0.2, 0.25) is 0 Å². The van der Waals surface area contributed by atoms with E-state index in [9.17, 15) is 4.79 Å². The minimum atomic E-state index is -0.0815. The first-order valence-corrected chi connectivity index (χ1v) is 8.68. The van der Waals surface area contributed by atoms with Gasteiger partial charge < -0.3 is 19.4 Å². The van der Waals surface area contributed by atoms with Crippen molar-refractivity contribution >= 4 is 17.2 Å². The third kappa shape index (κ3) is 4.21. The number of likely N-dealkylation sites (N-methyl/N-ethyl adjacent to an activating group) is 1. The number of carbonyl (C=O) groups is 1. The number of amides is 1. The number of pyridine rings is 2. The van der Waals surface area contributed by atoms with Crippen molar-refractivity contribution in [1.29, 1.82) is 0 Å². The second-order valence-corrected chi connectivity index (χ2v) is 6.15. The van der Waals surface area contributed by atoms with Crippen LogP contribution in [-0.2, 0) is 11.2 Å². The van der Waals surface area contributed by atoms with Crippen LogP contribution in [0.4, 0.5) is 5.82 Å². The Bertz CT molecular complexity index is 861. The number of nitrogens with one attached hydrogen (secondary N) is 1. The number of aromatic nitrogens is 2. The molecule has 1 N–H and O–H groups in total. The van der Waals surface area contributed by atoms with Gasteiger partial charge in [-0.15, -0.1) is 0 Å². The molecular formula is C20H24N4O2. The molecule has 3 rings (SSSR count). The molecule has 0 aliphatic rings. The van der Waals surface area contributed by atoms with Crippen molar-refractivity contribution in [3.63, 3.8) is 0 Å². The van der Waals surface area contributed by atoms with E-state index in [1.807, 2.05) is 60.1 Å². The normalized spacial score (nSPS) is 10.8. The van der Waals surface area contributed by atoms with Crippen molar-refractivity contribution in [3.8, 4) is 0 Å². The molecule has 26 heavy (non-hydrogen) atoms. The molecule has 6 nitrogen and oxygen atoms in total. The van der Waals surface area contributed by atoms with Gasteiger partial charge >= 0.3 is 0 Å². The second-order valence-electron chi connectivity index (χ2n) is 6.15. The van der Waals surface area contributed by atoms with Crippen LogP contribution in [0, 0.1) is 0 Å². The maximum absolute atomic E-state index is 12.5. The van der Waals surface area contributed by atoms with Gasteiger partial charge in [0.05, 0.1) is 12.2 Å². The maximum atomic E-state index is 12.5. The van der Waals surface area contributed by atoms with E-state index in [0.29, 0.717) is 25.1 Å². The zero-order valence-electron chi connectivity index (χ0n) is 15.2. The Morgan fingerprint density at radius 1 is 1.23 bits per heavy atom. The Morgan fingerprint density at radius 3 is 2.85 bits per heavy atom. The first kappa shape index (κ1) is 17.9. The monoisotopic (exact) mass is 352 g/mol. The molecule has 0 unspecified atom stereocenters. The molecule has 3 aromatic rings. The number of hydrogen-bond acceptors (Lipinski definition) is 4. The van der Waals surface area contributed by atoms with Gasteiger partial charge in [-0.2, -0.15) is 0 Å². The van der Waals surface area contributed by atoms with Crippen molar-refractivity contribution in [2.45, 2.75) is 6.42 Å². The van der Waals surface area contributed by atoms with Crippen molar-refractivity contribution in [1.82, 2.24) is 14.7 Å². The summed E-state index contributed by atoms with van der Waals surface area (Å²) in [5, 5.41) is 2.96. The van der Waals surface area contributed by atoms with E-state index in [-0.39, 0.29) is 5.91 Å². The summed E-state index contributed by atoms with van der Waals surface area (Å²) in [5.41, 5.74) is 2.65. The molecule has 0 spiro atoms. The summed E-state index contributed by atoms with van der Waals surface area (Å²) in [5.74, 6) is 0.946. The summed E-state index contributed by atoms with van der Waals surface area (Å²) in [4.78, 5) is 18.9. The molecule has 6 heteroatoms. The molecule has 0 atom stereocenters. The van der Waals surface area contributed by atoms with E-state index >= 15 is 0 Å². The Labute approximate surface area is 153 Å². The van der Waals surface area contributed by atoms with Crippen LogP contribution in [0.3, 0.4) is 0 Å². The number of anilines is 1. The van der Waals surface area contributed by atoms with E-state index in [1.54, 1.807) is 13.3 Å². The summed E-state index contributed by atoms with van der Waals surface area (Å²) in [6.45, 7) is 1.99. The van der Waals surface area contributed by atoms with Crippen LogP contribution >= 0.6 is 0 Å². The highest BCUT2D eigenvalue weighted by Crippen LogP contribution is 2.19. The molecule has 0 aliphatic heterocycles. The lowest BCUT2D eigenvalue weighted by atomic mass is 10.2. The fourth-order valence-electron chi connectivity index (χ4n) is 2.83.